The van der Waals surface area contributed by atoms with Crippen molar-refractivity contribution >= 4 is 21.6 Å². The molecule has 2 aromatic rings. The van der Waals surface area contributed by atoms with Crippen LogP contribution in [0.2, 0.25) is 0 Å². The summed E-state index contributed by atoms with van der Waals surface area (Å²) in [5.74, 6) is 0.601. The van der Waals surface area contributed by atoms with E-state index < -0.39 is 10.0 Å². The van der Waals surface area contributed by atoms with Crippen molar-refractivity contribution in [2.75, 3.05) is 12.4 Å². The number of nitrogens with one attached hydrogen (secondary N) is 1. The van der Waals surface area contributed by atoms with Crippen LogP contribution >= 0.6 is 0 Å². The van der Waals surface area contributed by atoms with Gasteiger partial charge in [-0.1, -0.05) is 12.1 Å². The first kappa shape index (κ1) is 18.9. The highest BCUT2D eigenvalue weighted by atomic mass is 32.2. The third-order valence-corrected chi connectivity index (χ3v) is 4.63. The zero-order valence-corrected chi connectivity index (χ0v) is 14.9. The predicted molar refractivity (Wildman–Crippen MR) is 94.5 cm³/mol. The van der Waals surface area contributed by atoms with Gasteiger partial charge in [0.05, 0.1) is 12.0 Å². The summed E-state index contributed by atoms with van der Waals surface area (Å²) in [5.41, 5.74) is 1.57. The van der Waals surface area contributed by atoms with Gasteiger partial charge in [0.2, 0.25) is 10.0 Å². The van der Waals surface area contributed by atoms with Gasteiger partial charge in [-0.25, -0.2) is 13.6 Å². The summed E-state index contributed by atoms with van der Waals surface area (Å²) >= 11 is 0. The van der Waals surface area contributed by atoms with Gasteiger partial charge in [-0.05, 0) is 43.3 Å². The Kier molecular flexibility index (Phi) is 6.13. The number of anilines is 1. The summed E-state index contributed by atoms with van der Waals surface area (Å²) in [6, 6.07) is 13.1. The van der Waals surface area contributed by atoms with Crippen LogP contribution in [-0.4, -0.2) is 27.5 Å². The van der Waals surface area contributed by atoms with Gasteiger partial charge < -0.3 is 15.4 Å². The van der Waals surface area contributed by atoms with Crippen molar-refractivity contribution in [1.29, 1.82) is 0 Å². The Morgan fingerprint density at radius 2 is 1.92 bits per heavy atom. The summed E-state index contributed by atoms with van der Waals surface area (Å²) in [7, 11) is -2.13. The van der Waals surface area contributed by atoms with Crippen molar-refractivity contribution in [3.8, 4) is 5.75 Å². The minimum Gasteiger partial charge on any atom is -0.497 e. The van der Waals surface area contributed by atoms with Gasteiger partial charge in [0.15, 0.2) is 6.04 Å². The fraction of sp³-hybridized carbons (Fsp3) is 0.235. The number of nitrogens with two attached hydrogens (primary N) is 2. The Labute approximate surface area is 147 Å². The van der Waals surface area contributed by atoms with Crippen LogP contribution in [-0.2, 0) is 21.4 Å². The van der Waals surface area contributed by atoms with Crippen LogP contribution in [0.25, 0.3) is 0 Å². The SMILES string of the molecule is COc1cccc(C[NH2+][C@H](C)C(=O)Nc2ccc(S(N)(=O)=O)cc2)c1. The lowest BCUT2D eigenvalue weighted by Crippen LogP contribution is -2.90. The molecule has 2 aromatic carbocycles. The molecular weight excluding hydrogens is 342 g/mol. The molecule has 0 aliphatic rings. The fourth-order valence-corrected chi connectivity index (χ4v) is 2.72. The number of hydrogen-bond acceptors (Lipinski definition) is 4. The van der Waals surface area contributed by atoms with E-state index in [-0.39, 0.29) is 16.8 Å². The van der Waals surface area contributed by atoms with Crippen LogP contribution in [0, 0.1) is 0 Å². The smallest absolute Gasteiger partial charge is 0.282 e. The molecule has 8 heteroatoms. The maximum Gasteiger partial charge on any atom is 0.282 e. The first-order valence-electron chi connectivity index (χ1n) is 7.69. The fourth-order valence-electron chi connectivity index (χ4n) is 2.20. The molecule has 0 aromatic heterocycles. The Morgan fingerprint density at radius 1 is 1.24 bits per heavy atom. The largest absolute Gasteiger partial charge is 0.497 e. The van der Waals surface area contributed by atoms with Gasteiger partial charge in [-0.15, -0.1) is 0 Å². The molecule has 0 spiro atoms. The van der Waals surface area contributed by atoms with Gasteiger partial charge in [0.1, 0.15) is 12.3 Å². The highest BCUT2D eigenvalue weighted by Crippen LogP contribution is 2.13. The number of quaternary nitrogens is 1. The number of sulfonamides is 1. The molecule has 0 bridgehead atoms. The second-order valence-corrected chi connectivity index (χ2v) is 7.20. The van der Waals surface area contributed by atoms with Crippen molar-refractivity contribution in [3.63, 3.8) is 0 Å². The lowest BCUT2D eigenvalue weighted by Gasteiger charge is -2.12. The Morgan fingerprint density at radius 3 is 2.52 bits per heavy atom. The van der Waals surface area contributed by atoms with Crippen molar-refractivity contribution < 1.29 is 23.3 Å². The standard InChI is InChI=1S/C17H21N3O4S/c1-12(19-11-13-4-3-5-15(10-13)24-2)17(21)20-14-6-8-16(9-7-14)25(18,22)23/h3-10,12,19H,11H2,1-2H3,(H,20,21)(H2,18,22,23)/p+1/t12-/m1/s1. The Bertz CT molecular complexity index is 835. The maximum absolute atomic E-state index is 12.2. The Hall–Kier alpha value is -2.42. The molecule has 5 N–H and O–H groups in total. The Balaban J connectivity index is 1.91. The number of carbonyl (C=O) groups is 1. The molecule has 0 saturated heterocycles. The lowest BCUT2D eigenvalue weighted by atomic mass is 10.2. The topological polar surface area (TPSA) is 115 Å². The molecule has 1 atom stereocenters. The molecule has 0 radical (unpaired) electrons. The van der Waals surface area contributed by atoms with Gasteiger partial charge in [-0.2, -0.15) is 0 Å². The predicted octanol–water partition coefficient (Wildman–Crippen LogP) is 0.433. The first-order valence-corrected chi connectivity index (χ1v) is 9.24. The molecule has 7 nitrogen and oxygen atoms in total. The van der Waals surface area contributed by atoms with E-state index in [1.54, 1.807) is 14.0 Å². The highest BCUT2D eigenvalue weighted by Gasteiger charge is 2.16. The van der Waals surface area contributed by atoms with Crippen LogP contribution in [0.5, 0.6) is 5.75 Å². The average molecular weight is 364 g/mol. The normalized spacial score (nSPS) is 12.4. The number of methoxy groups -OCH3 is 1. The van der Waals surface area contributed by atoms with Crippen LogP contribution in [0.4, 0.5) is 5.69 Å². The van der Waals surface area contributed by atoms with Gasteiger partial charge in [0.25, 0.3) is 5.91 Å². The van der Waals surface area contributed by atoms with Crippen LogP contribution in [0.15, 0.2) is 53.4 Å². The molecule has 0 heterocycles. The number of carbonyl (C=O) groups excluding carboxylic acids is 1. The van der Waals surface area contributed by atoms with Gasteiger partial charge >= 0.3 is 0 Å². The van der Waals surface area contributed by atoms with E-state index in [0.717, 1.165) is 11.3 Å². The van der Waals surface area contributed by atoms with Crippen LogP contribution in [0.1, 0.15) is 12.5 Å². The quantitative estimate of drug-likeness (QED) is 0.661. The zero-order chi connectivity index (χ0) is 18.4. The number of primary sulfonamides is 1. The van der Waals surface area contributed by atoms with Crippen molar-refractivity contribution in [3.05, 3.63) is 54.1 Å². The number of ether oxygens (including phenoxy) is 1. The summed E-state index contributed by atoms with van der Waals surface area (Å²) in [6.45, 7) is 2.43. The first-order chi connectivity index (χ1) is 11.8. The number of amides is 1. The molecule has 0 unspecified atom stereocenters. The lowest BCUT2D eigenvalue weighted by molar-refractivity contribution is -0.688. The average Bonchev–Trinajstić information content (AvgIpc) is 2.59. The molecule has 0 saturated carbocycles. The maximum atomic E-state index is 12.2. The molecule has 25 heavy (non-hydrogen) atoms. The van der Waals surface area contributed by atoms with Gasteiger partial charge in [0, 0.05) is 11.3 Å². The van der Waals surface area contributed by atoms with E-state index in [2.05, 4.69) is 5.32 Å². The van der Waals surface area contributed by atoms with Crippen LogP contribution < -0.4 is 20.5 Å². The second kappa shape index (κ2) is 8.11. The van der Waals surface area contributed by atoms with Crippen molar-refractivity contribution in [2.45, 2.75) is 24.4 Å². The molecule has 1 amide bonds. The number of rotatable bonds is 7. The molecule has 0 fully saturated rings. The summed E-state index contributed by atoms with van der Waals surface area (Å²) in [5, 5.41) is 9.70. The van der Waals surface area contributed by atoms with Crippen molar-refractivity contribution in [2.24, 2.45) is 5.14 Å². The summed E-state index contributed by atoms with van der Waals surface area (Å²) in [6.07, 6.45) is 0. The van der Waals surface area contributed by atoms with E-state index >= 15 is 0 Å². The minimum atomic E-state index is -3.74. The minimum absolute atomic E-state index is 0.00290. The van der Waals surface area contributed by atoms with Crippen molar-refractivity contribution in [1.82, 2.24) is 0 Å². The van der Waals surface area contributed by atoms with Crippen LogP contribution in [0.3, 0.4) is 0 Å². The van der Waals surface area contributed by atoms with E-state index in [0.29, 0.717) is 12.2 Å². The van der Waals surface area contributed by atoms with E-state index in [4.69, 9.17) is 9.88 Å². The zero-order valence-electron chi connectivity index (χ0n) is 14.1. The molecule has 0 aliphatic heterocycles. The third kappa shape index (κ3) is 5.56. The molecule has 2 rings (SSSR count). The molecule has 0 aliphatic carbocycles. The number of benzene rings is 2. The monoisotopic (exact) mass is 364 g/mol. The second-order valence-electron chi connectivity index (χ2n) is 5.64. The van der Waals surface area contributed by atoms with E-state index in [1.807, 2.05) is 29.6 Å². The summed E-state index contributed by atoms with van der Waals surface area (Å²) < 4.78 is 27.6. The molecule has 134 valence electrons. The highest BCUT2D eigenvalue weighted by molar-refractivity contribution is 7.89. The number of hydrogen-bond donors (Lipinski definition) is 3. The van der Waals surface area contributed by atoms with Gasteiger partial charge in [-0.3, -0.25) is 4.79 Å². The van der Waals surface area contributed by atoms with E-state index in [1.165, 1.54) is 24.3 Å². The third-order valence-electron chi connectivity index (χ3n) is 3.71. The molecular formula is C17H22N3O4S+. The summed E-state index contributed by atoms with van der Waals surface area (Å²) in [4.78, 5) is 12.2. The van der Waals surface area contributed by atoms with E-state index in [9.17, 15) is 13.2 Å².